The van der Waals surface area contributed by atoms with Crippen molar-refractivity contribution < 1.29 is 19.1 Å². The first-order valence-electron chi connectivity index (χ1n) is 10.3. The maximum Gasteiger partial charge on any atom is 0.332 e. The van der Waals surface area contributed by atoms with Gasteiger partial charge in [0.15, 0.2) is 0 Å². The number of ether oxygens (including phenoxy) is 1. The first-order chi connectivity index (χ1) is 14.6. The van der Waals surface area contributed by atoms with Crippen molar-refractivity contribution in [1.29, 1.82) is 0 Å². The minimum Gasteiger partial charge on any atom is -0.376 e. The van der Waals surface area contributed by atoms with E-state index in [0.29, 0.717) is 30.8 Å². The summed E-state index contributed by atoms with van der Waals surface area (Å²) < 4.78 is 5.52. The highest BCUT2D eigenvalue weighted by atomic mass is 16.5. The summed E-state index contributed by atoms with van der Waals surface area (Å²) in [5.41, 5.74) is 3.16. The molecule has 0 aliphatic carbocycles. The minimum absolute atomic E-state index is 0.0783. The number of benzene rings is 2. The highest BCUT2D eigenvalue weighted by Gasteiger charge is 2.47. The van der Waals surface area contributed by atoms with E-state index in [4.69, 9.17) is 4.74 Å². The smallest absolute Gasteiger partial charge is 0.332 e. The van der Waals surface area contributed by atoms with E-state index in [-0.39, 0.29) is 23.9 Å². The first-order valence-corrected chi connectivity index (χ1v) is 10.3. The molecule has 0 radical (unpaired) electrons. The van der Waals surface area contributed by atoms with Crippen molar-refractivity contribution in [2.75, 3.05) is 18.1 Å². The van der Waals surface area contributed by atoms with Crippen molar-refractivity contribution >= 4 is 23.5 Å². The molecule has 0 bridgehead atoms. The lowest BCUT2D eigenvalue weighted by Crippen LogP contribution is -2.39. The summed E-state index contributed by atoms with van der Waals surface area (Å²) >= 11 is 0. The van der Waals surface area contributed by atoms with Crippen LogP contribution in [-0.2, 0) is 22.5 Å². The number of nitrogens with one attached hydrogen (secondary N) is 1. The number of carbonyl (C=O) groups is 3. The zero-order chi connectivity index (χ0) is 20.7. The van der Waals surface area contributed by atoms with Crippen LogP contribution in [0, 0.1) is 0 Å². The standard InChI is InChI=1S/C23H23N3O4/c27-21(24-13-19-6-3-11-30-19)15-7-9-18(10-8-15)26-22(28)20-12-16-4-1-2-5-17(16)14-25(20)23(26)29/h1-2,4-5,7-10,19-20H,3,6,11-14H2,(H,24,27)/t19-,20+/m1/s1. The Kier molecular flexibility index (Phi) is 4.75. The quantitative estimate of drug-likeness (QED) is 0.793. The van der Waals surface area contributed by atoms with Gasteiger partial charge in [-0.3, -0.25) is 9.59 Å². The van der Waals surface area contributed by atoms with Gasteiger partial charge in [0.1, 0.15) is 6.04 Å². The Morgan fingerprint density at radius 3 is 2.57 bits per heavy atom. The predicted octanol–water partition coefficient (Wildman–Crippen LogP) is 2.49. The predicted molar refractivity (Wildman–Crippen MR) is 110 cm³/mol. The molecule has 5 rings (SSSR count). The first kappa shape index (κ1) is 18.8. The van der Waals surface area contributed by atoms with Gasteiger partial charge >= 0.3 is 6.03 Å². The number of imide groups is 1. The zero-order valence-corrected chi connectivity index (χ0v) is 16.5. The van der Waals surface area contributed by atoms with Crippen LogP contribution in [0.15, 0.2) is 48.5 Å². The maximum absolute atomic E-state index is 13.0. The zero-order valence-electron chi connectivity index (χ0n) is 16.5. The molecular weight excluding hydrogens is 382 g/mol. The van der Waals surface area contributed by atoms with Crippen molar-refractivity contribution in [1.82, 2.24) is 10.2 Å². The minimum atomic E-state index is -0.471. The SMILES string of the molecule is O=C(NC[C@H]1CCCO1)c1ccc(N2C(=O)[C@@H]3Cc4ccccc4CN3C2=O)cc1. The molecule has 3 aliphatic rings. The fourth-order valence-corrected chi connectivity index (χ4v) is 4.43. The van der Waals surface area contributed by atoms with Crippen LogP contribution in [0.3, 0.4) is 0 Å². The highest BCUT2D eigenvalue weighted by molar-refractivity contribution is 6.21. The number of anilines is 1. The van der Waals surface area contributed by atoms with E-state index in [1.54, 1.807) is 29.2 Å². The second-order valence-corrected chi connectivity index (χ2v) is 7.96. The molecule has 4 amide bonds. The van der Waals surface area contributed by atoms with E-state index < -0.39 is 6.04 Å². The van der Waals surface area contributed by atoms with Gasteiger partial charge in [0, 0.05) is 31.7 Å². The van der Waals surface area contributed by atoms with Crippen LogP contribution in [0.4, 0.5) is 10.5 Å². The summed E-state index contributed by atoms with van der Waals surface area (Å²) in [6, 6.07) is 13.7. The monoisotopic (exact) mass is 405 g/mol. The van der Waals surface area contributed by atoms with E-state index in [2.05, 4.69) is 5.32 Å². The molecule has 2 aromatic rings. The topological polar surface area (TPSA) is 79.0 Å². The second kappa shape index (κ2) is 7.57. The number of hydrogen-bond donors (Lipinski definition) is 1. The summed E-state index contributed by atoms with van der Waals surface area (Å²) in [6.07, 6.45) is 2.59. The van der Waals surface area contributed by atoms with Crippen LogP contribution in [0.1, 0.15) is 34.3 Å². The maximum atomic E-state index is 13.0. The Bertz CT molecular complexity index is 955. The number of nitrogens with zero attached hydrogens (tertiary/aromatic N) is 2. The van der Waals surface area contributed by atoms with Crippen molar-refractivity contribution in [3.05, 3.63) is 65.2 Å². The molecular formula is C23H23N3O4. The molecule has 154 valence electrons. The molecule has 2 fully saturated rings. The molecule has 7 heteroatoms. The fraction of sp³-hybridized carbons (Fsp3) is 0.348. The van der Waals surface area contributed by atoms with Gasteiger partial charge in [-0.05, 0) is 48.2 Å². The Balaban J connectivity index is 1.29. The molecule has 2 saturated heterocycles. The average molecular weight is 405 g/mol. The molecule has 2 aromatic carbocycles. The van der Waals surface area contributed by atoms with Crippen LogP contribution in [0.5, 0.6) is 0 Å². The Morgan fingerprint density at radius 1 is 1.07 bits per heavy atom. The van der Waals surface area contributed by atoms with E-state index in [9.17, 15) is 14.4 Å². The van der Waals surface area contributed by atoms with Gasteiger partial charge < -0.3 is 15.0 Å². The third-order valence-electron chi connectivity index (χ3n) is 6.09. The molecule has 3 heterocycles. The van der Waals surface area contributed by atoms with Crippen molar-refractivity contribution in [3.8, 4) is 0 Å². The second-order valence-electron chi connectivity index (χ2n) is 7.96. The molecule has 0 saturated carbocycles. The molecule has 0 spiro atoms. The lowest BCUT2D eigenvalue weighted by atomic mass is 9.95. The van der Waals surface area contributed by atoms with Gasteiger partial charge in [-0.1, -0.05) is 24.3 Å². The molecule has 3 aliphatic heterocycles. The largest absolute Gasteiger partial charge is 0.376 e. The summed E-state index contributed by atoms with van der Waals surface area (Å²) in [5.74, 6) is -0.408. The van der Waals surface area contributed by atoms with Gasteiger partial charge in [0.2, 0.25) is 0 Å². The molecule has 0 unspecified atom stereocenters. The summed E-state index contributed by atoms with van der Waals surface area (Å²) in [6.45, 7) is 1.67. The molecule has 1 N–H and O–H groups in total. The average Bonchev–Trinajstić information content (AvgIpc) is 3.38. The number of rotatable bonds is 4. The van der Waals surface area contributed by atoms with E-state index in [0.717, 1.165) is 30.6 Å². The van der Waals surface area contributed by atoms with Gasteiger partial charge in [-0.15, -0.1) is 0 Å². The number of carbonyl (C=O) groups excluding carboxylic acids is 3. The van der Waals surface area contributed by atoms with Crippen LogP contribution in [0.2, 0.25) is 0 Å². The third kappa shape index (κ3) is 3.25. The van der Waals surface area contributed by atoms with Gasteiger partial charge in [0.25, 0.3) is 11.8 Å². The van der Waals surface area contributed by atoms with E-state index in [1.807, 2.05) is 24.3 Å². The Labute approximate surface area is 174 Å². The lowest BCUT2D eigenvalue weighted by molar-refractivity contribution is -0.120. The van der Waals surface area contributed by atoms with Crippen LogP contribution in [-0.4, -0.2) is 48.0 Å². The molecule has 7 nitrogen and oxygen atoms in total. The number of fused-ring (bicyclic) bond motifs is 2. The van der Waals surface area contributed by atoms with Crippen LogP contribution in [0.25, 0.3) is 0 Å². The Hall–Kier alpha value is -3.19. The summed E-state index contributed by atoms with van der Waals surface area (Å²) in [4.78, 5) is 41.2. The van der Waals surface area contributed by atoms with E-state index >= 15 is 0 Å². The molecule has 2 atom stereocenters. The van der Waals surface area contributed by atoms with Crippen LogP contribution >= 0.6 is 0 Å². The molecule has 30 heavy (non-hydrogen) atoms. The van der Waals surface area contributed by atoms with Crippen LogP contribution < -0.4 is 10.2 Å². The van der Waals surface area contributed by atoms with Crippen molar-refractivity contribution in [2.24, 2.45) is 0 Å². The van der Waals surface area contributed by atoms with Crippen molar-refractivity contribution in [3.63, 3.8) is 0 Å². The Morgan fingerprint density at radius 2 is 1.83 bits per heavy atom. The number of hydrogen-bond acceptors (Lipinski definition) is 4. The number of urea groups is 1. The van der Waals surface area contributed by atoms with Gasteiger partial charge in [-0.25, -0.2) is 9.69 Å². The van der Waals surface area contributed by atoms with Crippen molar-refractivity contribution in [2.45, 2.75) is 38.0 Å². The third-order valence-corrected chi connectivity index (χ3v) is 6.09. The lowest BCUT2D eigenvalue weighted by Gasteiger charge is -2.28. The number of amides is 4. The summed E-state index contributed by atoms with van der Waals surface area (Å²) in [7, 11) is 0. The highest BCUT2D eigenvalue weighted by Crippen LogP contribution is 2.32. The summed E-state index contributed by atoms with van der Waals surface area (Å²) in [5, 5.41) is 2.88. The van der Waals surface area contributed by atoms with Gasteiger partial charge in [-0.2, -0.15) is 0 Å². The van der Waals surface area contributed by atoms with E-state index in [1.165, 1.54) is 4.90 Å². The normalized spacial score (nSPS) is 22.8. The fourth-order valence-electron chi connectivity index (χ4n) is 4.43. The molecule has 0 aromatic heterocycles. The van der Waals surface area contributed by atoms with Gasteiger partial charge in [0.05, 0.1) is 11.8 Å².